The van der Waals surface area contributed by atoms with Crippen molar-refractivity contribution >= 4 is 22.3 Å². The Hall–Kier alpha value is -1.03. The van der Waals surface area contributed by atoms with Crippen LogP contribution in [0.4, 0.5) is 5.00 Å². The number of esters is 1. The second kappa shape index (κ2) is 4.66. The van der Waals surface area contributed by atoms with E-state index in [9.17, 15) is 4.79 Å². The van der Waals surface area contributed by atoms with Gasteiger partial charge in [0.1, 0.15) is 0 Å². The van der Waals surface area contributed by atoms with Crippen molar-refractivity contribution in [3.63, 3.8) is 0 Å². The van der Waals surface area contributed by atoms with Gasteiger partial charge in [-0.3, -0.25) is 4.79 Å². The van der Waals surface area contributed by atoms with Gasteiger partial charge in [0, 0.05) is 6.54 Å². The maximum Gasteiger partial charge on any atom is 0.313 e. The van der Waals surface area contributed by atoms with E-state index in [1.807, 2.05) is 26.2 Å². The minimum Gasteiger partial charge on any atom is -0.469 e. The number of aryl methyl sites for hydroxylation is 1. The second-order valence-electron chi connectivity index (χ2n) is 4.16. The summed E-state index contributed by atoms with van der Waals surface area (Å²) in [7, 11) is 1.42. The monoisotopic (exact) mass is 227 g/mol. The van der Waals surface area contributed by atoms with Gasteiger partial charge in [0.05, 0.1) is 17.5 Å². The molecule has 4 heteroatoms. The molecular weight excluding hydrogens is 210 g/mol. The van der Waals surface area contributed by atoms with E-state index >= 15 is 0 Å². The number of methoxy groups -OCH3 is 1. The van der Waals surface area contributed by atoms with Crippen LogP contribution in [0.15, 0.2) is 11.4 Å². The van der Waals surface area contributed by atoms with Gasteiger partial charge >= 0.3 is 5.97 Å². The molecule has 1 aromatic heterocycles. The summed E-state index contributed by atoms with van der Waals surface area (Å²) in [5.41, 5.74) is 0.714. The number of hydrogen-bond acceptors (Lipinski definition) is 4. The molecule has 0 bridgehead atoms. The summed E-state index contributed by atoms with van der Waals surface area (Å²) >= 11 is 1.65. The van der Waals surface area contributed by atoms with E-state index in [4.69, 9.17) is 4.74 Å². The summed E-state index contributed by atoms with van der Waals surface area (Å²) in [6, 6.07) is 2.05. The maximum atomic E-state index is 11.4. The highest BCUT2D eigenvalue weighted by atomic mass is 32.1. The quantitative estimate of drug-likeness (QED) is 0.804. The van der Waals surface area contributed by atoms with Crippen LogP contribution in [0.3, 0.4) is 0 Å². The molecule has 0 spiro atoms. The van der Waals surface area contributed by atoms with Crippen molar-refractivity contribution in [3.8, 4) is 0 Å². The van der Waals surface area contributed by atoms with Crippen LogP contribution in [0.5, 0.6) is 0 Å². The number of nitrogens with one attached hydrogen (secondary N) is 1. The van der Waals surface area contributed by atoms with Crippen molar-refractivity contribution in [2.24, 2.45) is 5.41 Å². The van der Waals surface area contributed by atoms with Gasteiger partial charge in [0.2, 0.25) is 0 Å². The second-order valence-corrected chi connectivity index (χ2v) is 5.08. The Balaban J connectivity index is 2.57. The van der Waals surface area contributed by atoms with Crippen molar-refractivity contribution < 1.29 is 9.53 Å². The fraction of sp³-hybridized carbons (Fsp3) is 0.545. The smallest absolute Gasteiger partial charge is 0.313 e. The molecule has 0 radical (unpaired) electrons. The molecule has 0 amide bonds. The molecule has 1 heterocycles. The molecule has 0 saturated carbocycles. The van der Waals surface area contributed by atoms with Crippen LogP contribution in [-0.4, -0.2) is 19.6 Å². The molecule has 1 N–H and O–H groups in total. The SMILES string of the molecule is COC(=O)C(C)(C)CNc1sccc1C. The highest BCUT2D eigenvalue weighted by Gasteiger charge is 2.28. The van der Waals surface area contributed by atoms with E-state index in [-0.39, 0.29) is 5.97 Å². The molecule has 15 heavy (non-hydrogen) atoms. The molecule has 0 unspecified atom stereocenters. The summed E-state index contributed by atoms with van der Waals surface area (Å²) in [4.78, 5) is 11.4. The zero-order chi connectivity index (χ0) is 11.5. The largest absolute Gasteiger partial charge is 0.469 e. The lowest BCUT2D eigenvalue weighted by Gasteiger charge is -2.22. The van der Waals surface area contributed by atoms with Crippen LogP contribution >= 0.6 is 11.3 Å². The molecular formula is C11H17NO2S. The third-order valence-electron chi connectivity index (χ3n) is 2.29. The minimum absolute atomic E-state index is 0.191. The average molecular weight is 227 g/mol. The number of anilines is 1. The predicted octanol–water partition coefficient (Wildman–Crippen LogP) is 2.67. The Morgan fingerprint density at radius 2 is 2.27 bits per heavy atom. The van der Waals surface area contributed by atoms with Gasteiger partial charge in [-0.15, -0.1) is 11.3 Å². The zero-order valence-corrected chi connectivity index (χ0v) is 10.4. The Kier molecular flexibility index (Phi) is 3.74. The lowest BCUT2D eigenvalue weighted by atomic mass is 9.94. The molecule has 1 rings (SSSR count). The first-order chi connectivity index (χ1) is 6.97. The summed E-state index contributed by atoms with van der Waals surface area (Å²) in [5.74, 6) is -0.191. The van der Waals surface area contributed by atoms with E-state index in [0.29, 0.717) is 6.54 Å². The summed E-state index contributed by atoms with van der Waals surface area (Å²) in [6.07, 6.45) is 0. The molecule has 84 valence electrons. The van der Waals surface area contributed by atoms with E-state index in [1.54, 1.807) is 11.3 Å². The Morgan fingerprint density at radius 3 is 2.73 bits per heavy atom. The molecule has 0 aromatic carbocycles. The van der Waals surface area contributed by atoms with Crippen LogP contribution in [0.25, 0.3) is 0 Å². The van der Waals surface area contributed by atoms with Gasteiger partial charge in [0.15, 0.2) is 0 Å². The summed E-state index contributed by atoms with van der Waals surface area (Å²) < 4.78 is 4.74. The molecule has 1 aromatic rings. The van der Waals surface area contributed by atoms with Crippen molar-refractivity contribution in [3.05, 3.63) is 17.0 Å². The van der Waals surface area contributed by atoms with Crippen LogP contribution in [0.1, 0.15) is 19.4 Å². The normalized spacial score (nSPS) is 11.2. The van der Waals surface area contributed by atoms with Gasteiger partial charge in [-0.1, -0.05) is 0 Å². The van der Waals surface area contributed by atoms with E-state index in [2.05, 4.69) is 11.4 Å². The first kappa shape index (κ1) is 12.0. The lowest BCUT2D eigenvalue weighted by Crippen LogP contribution is -2.33. The number of thiophene rings is 1. The Bertz CT molecular complexity index is 344. The Morgan fingerprint density at radius 1 is 1.60 bits per heavy atom. The van der Waals surface area contributed by atoms with Crippen molar-refractivity contribution in [1.82, 2.24) is 0 Å². The predicted molar refractivity (Wildman–Crippen MR) is 63.3 cm³/mol. The molecule has 0 aliphatic carbocycles. The number of rotatable bonds is 4. The molecule has 0 aliphatic heterocycles. The molecule has 0 aliphatic rings. The van der Waals surface area contributed by atoms with Gasteiger partial charge in [-0.05, 0) is 37.8 Å². The first-order valence-electron chi connectivity index (χ1n) is 4.84. The van der Waals surface area contributed by atoms with Gasteiger partial charge in [-0.2, -0.15) is 0 Å². The minimum atomic E-state index is -0.495. The van der Waals surface area contributed by atoms with Crippen molar-refractivity contribution in [2.45, 2.75) is 20.8 Å². The highest BCUT2D eigenvalue weighted by molar-refractivity contribution is 7.14. The topological polar surface area (TPSA) is 38.3 Å². The first-order valence-corrected chi connectivity index (χ1v) is 5.72. The number of carbonyl (C=O) groups excluding carboxylic acids is 1. The fourth-order valence-corrected chi connectivity index (χ4v) is 2.02. The van der Waals surface area contributed by atoms with Crippen LogP contribution in [0.2, 0.25) is 0 Å². The van der Waals surface area contributed by atoms with E-state index in [0.717, 1.165) is 5.00 Å². The fourth-order valence-electron chi connectivity index (χ4n) is 1.20. The Labute approximate surface area is 94.5 Å². The lowest BCUT2D eigenvalue weighted by molar-refractivity contribution is -0.149. The van der Waals surface area contributed by atoms with Gasteiger partial charge in [-0.25, -0.2) is 0 Å². The van der Waals surface area contributed by atoms with Gasteiger partial charge < -0.3 is 10.1 Å². The zero-order valence-electron chi connectivity index (χ0n) is 9.59. The number of hydrogen-bond donors (Lipinski definition) is 1. The van der Waals surface area contributed by atoms with Crippen molar-refractivity contribution in [2.75, 3.05) is 19.0 Å². The van der Waals surface area contributed by atoms with Crippen molar-refractivity contribution in [1.29, 1.82) is 0 Å². The highest BCUT2D eigenvalue weighted by Crippen LogP contribution is 2.24. The van der Waals surface area contributed by atoms with Gasteiger partial charge in [0.25, 0.3) is 0 Å². The maximum absolute atomic E-state index is 11.4. The molecule has 0 atom stereocenters. The van der Waals surface area contributed by atoms with Crippen LogP contribution in [0, 0.1) is 12.3 Å². The standard InChI is InChI=1S/C11H17NO2S/c1-8-5-6-15-9(8)12-7-11(2,3)10(13)14-4/h5-6,12H,7H2,1-4H3. The number of carbonyl (C=O) groups is 1. The summed E-state index contributed by atoms with van der Waals surface area (Å²) in [5, 5.41) is 6.41. The van der Waals surface area contributed by atoms with Crippen LogP contribution in [-0.2, 0) is 9.53 Å². The third-order valence-corrected chi connectivity index (χ3v) is 3.27. The molecule has 3 nitrogen and oxygen atoms in total. The van der Waals surface area contributed by atoms with E-state index in [1.165, 1.54) is 12.7 Å². The number of ether oxygens (including phenoxy) is 1. The molecule has 0 saturated heterocycles. The van der Waals surface area contributed by atoms with Crippen LogP contribution < -0.4 is 5.32 Å². The average Bonchev–Trinajstić information content (AvgIpc) is 2.60. The molecule has 0 fully saturated rings. The third kappa shape index (κ3) is 2.96. The summed E-state index contributed by atoms with van der Waals surface area (Å²) in [6.45, 7) is 6.37. The van der Waals surface area contributed by atoms with E-state index < -0.39 is 5.41 Å².